The van der Waals surface area contributed by atoms with Crippen molar-refractivity contribution in [2.75, 3.05) is 28.2 Å². The molecule has 0 fully saturated rings. The van der Waals surface area contributed by atoms with Crippen LogP contribution in [-0.2, 0) is 21.6 Å². The van der Waals surface area contributed by atoms with Crippen LogP contribution >= 0.6 is 19.4 Å². The van der Waals surface area contributed by atoms with Gasteiger partial charge in [-0.2, -0.15) is 0 Å². The van der Waals surface area contributed by atoms with Crippen LogP contribution in [0.25, 0.3) is 0 Å². The van der Waals surface area contributed by atoms with Gasteiger partial charge in [-0.25, -0.2) is 4.99 Å². The molecule has 4 nitrogen and oxygen atoms in total. The Balaban J connectivity index is 0.000000677. The average Bonchev–Trinajstić information content (AvgIpc) is 2.45. The van der Waals surface area contributed by atoms with Crippen LogP contribution < -0.4 is 0 Å². The summed E-state index contributed by atoms with van der Waals surface area (Å²) in [6.07, 6.45) is 5.29. The van der Waals surface area contributed by atoms with Gasteiger partial charge in [-0.1, -0.05) is 6.07 Å². The molecule has 114 valence electrons. The summed E-state index contributed by atoms with van der Waals surface area (Å²) in [6, 6.07) is 4.40. The first kappa shape index (κ1) is 18.7. The number of pyridine rings is 1. The Kier molecular flexibility index (Phi) is 8.54. The third-order valence-corrected chi connectivity index (χ3v) is 3.24. The van der Waals surface area contributed by atoms with Gasteiger partial charge in [0.1, 0.15) is 0 Å². The van der Waals surface area contributed by atoms with Crippen LogP contribution in [0.5, 0.6) is 0 Å². The molecule has 0 N–H and O–H groups in total. The molecule has 1 heterocycles. The molecule has 1 unspecified atom stereocenters. The number of hydrogen-bond acceptors (Lipinski definition) is 2. The van der Waals surface area contributed by atoms with E-state index in [1.807, 2.05) is 40.5 Å². The third-order valence-electron chi connectivity index (χ3n) is 3.24. The predicted octanol–water partition coefficient (Wildman–Crippen LogP) is 3.31. The summed E-state index contributed by atoms with van der Waals surface area (Å²) in [4.78, 5) is 13.5. The van der Waals surface area contributed by atoms with Crippen molar-refractivity contribution in [2.24, 2.45) is 4.99 Å². The van der Waals surface area contributed by atoms with Gasteiger partial charge in [-0.3, -0.25) is 4.98 Å². The quantitative estimate of drug-likeness (QED) is 0.424. The molecule has 0 radical (unpaired) electrons. The summed E-state index contributed by atoms with van der Waals surface area (Å²) in [5, 5.41) is 0. The van der Waals surface area contributed by atoms with Gasteiger partial charge in [0.15, 0.2) is 5.96 Å². The second kappa shape index (κ2) is 9.60. The maximum absolute atomic E-state index is 4.95. The molecule has 0 saturated carbocycles. The van der Waals surface area contributed by atoms with Crippen molar-refractivity contribution < 1.29 is 15.1 Å². The molecular weight excluding hydrogens is 360 g/mol. The molecule has 0 spiro atoms. The second-order valence-corrected chi connectivity index (χ2v) is 9.90. The summed E-state index contributed by atoms with van der Waals surface area (Å²) in [6.45, 7) is 0. The Morgan fingerprint density at radius 3 is 2.48 bits per heavy atom. The van der Waals surface area contributed by atoms with E-state index in [2.05, 4.69) is 20.9 Å². The topological polar surface area (TPSA) is 31.7 Å². The zero-order valence-electron chi connectivity index (χ0n) is 13.2. The van der Waals surface area contributed by atoms with E-state index < -0.39 is 15.1 Å². The molecule has 0 saturated heterocycles. The van der Waals surface area contributed by atoms with Gasteiger partial charge in [0.05, 0.1) is 11.7 Å². The minimum absolute atomic E-state index is 0.203. The van der Waals surface area contributed by atoms with Gasteiger partial charge < -0.3 is 9.80 Å². The number of guanidine groups is 1. The Morgan fingerprint density at radius 2 is 1.90 bits per heavy atom. The van der Waals surface area contributed by atoms with E-state index >= 15 is 0 Å². The summed E-state index contributed by atoms with van der Waals surface area (Å²) in [7, 11) is 18.0. The Bertz CT molecular complexity index is 456. The zero-order chi connectivity index (χ0) is 15.8. The van der Waals surface area contributed by atoms with Crippen molar-refractivity contribution in [3.05, 3.63) is 29.6 Å². The van der Waals surface area contributed by atoms with Crippen molar-refractivity contribution >= 4 is 25.3 Å². The van der Waals surface area contributed by atoms with E-state index in [-0.39, 0.29) is 6.04 Å². The van der Waals surface area contributed by atoms with E-state index in [4.69, 9.17) is 24.4 Å². The first-order valence-electron chi connectivity index (χ1n) is 6.99. The summed E-state index contributed by atoms with van der Waals surface area (Å²) in [5.41, 5.74) is 2.51. The van der Waals surface area contributed by atoms with Crippen molar-refractivity contribution in [1.29, 1.82) is 0 Å². The van der Waals surface area contributed by atoms with Gasteiger partial charge in [0, 0.05) is 34.4 Å². The van der Waals surface area contributed by atoms with E-state index in [9.17, 15) is 0 Å². The molecule has 7 heteroatoms. The summed E-state index contributed by atoms with van der Waals surface area (Å²) >= 11 is -0.931. The molecule has 2 rings (SSSR count). The molecule has 0 bridgehead atoms. The molecule has 0 aliphatic heterocycles. The number of rotatable bonds is 1. The molecule has 1 atom stereocenters. The predicted molar refractivity (Wildman–Crippen MR) is 86.4 cm³/mol. The molecule has 21 heavy (non-hydrogen) atoms. The molecule has 0 amide bonds. The number of fused-ring (bicyclic) bond motifs is 1. The first-order valence-corrected chi connectivity index (χ1v) is 14.8. The SMILES string of the molecule is CN(C)C(=NC1CCCc2cccnc21)N(C)C.[Cl][Zn][Cl]. The maximum atomic E-state index is 4.95. The normalized spacial score (nSPS) is 15.8. The van der Waals surface area contributed by atoms with Crippen LogP contribution in [0.2, 0.25) is 0 Å². The van der Waals surface area contributed by atoms with Crippen molar-refractivity contribution in [3.8, 4) is 0 Å². The van der Waals surface area contributed by atoms with E-state index in [1.54, 1.807) is 0 Å². The molecule has 1 aromatic heterocycles. The van der Waals surface area contributed by atoms with Crippen molar-refractivity contribution in [3.63, 3.8) is 0 Å². The van der Waals surface area contributed by atoms with E-state index in [0.29, 0.717) is 0 Å². The van der Waals surface area contributed by atoms with Crippen LogP contribution in [0.1, 0.15) is 30.1 Å². The van der Waals surface area contributed by atoms with Gasteiger partial charge in [-0.05, 0) is 30.9 Å². The number of hydrogen-bond donors (Lipinski definition) is 0. The molecule has 1 aliphatic rings. The Labute approximate surface area is 143 Å². The molecule has 1 aromatic rings. The van der Waals surface area contributed by atoms with Crippen LogP contribution in [0.15, 0.2) is 23.3 Å². The van der Waals surface area contributed by atoms with Gasteiger partial charge in [-0.15, -0.1) is 0 Å². The van der Waals surface area contributed by atoms with Crippen LogP contribution in [0, 0.1) is 0 Å². The van der Waals surface area contributed by atoms with Crippen LogP contribution in [0.3, 0.4) is 0 Å². The average molecular weight is 383 g/mol. The molecular formula is C14H22Cl2N4Zn. The molecule has 0 aromatic carbocycles. The third kappa shape index (κ3) is 5.73. The summed E-state index contributed by atoms with van der Waals surface area (Å²) in [5.74, 6) is 0.999. The van der Waals surface area contributed by atoms with E-state index in [0.717, 1.165) is 24.5 Å². The van der Waals surface area contributed by atoms with Crippen LogP contribution in [0.4, 0.5) is 0 Å². The van der Waals surface area contributed by atoms with Gasteiger partial charge in [0.25, 0.3) is 0 Å². The number of aromatic nitrogens is 1. The van der Waals surface area contributed by atoms with Crippen molar-refractivity contribution in [1.82, 2.24) is 14.8 Å². The Hall–Kier alpha value is -0.377. The second-order valence-electron chi connectivity index (χ2n) is 5.27. The zero-order valence-corrected chi connectivity index (χ0v) is 17.7. The van der Waals surface area contributed by atoms with E-state index in [1.165, 1.54) is 12.0 Å². The van der Waals surface area contributed by atoms with Crippen LogP contribution in [-0.4, -0.2) is 48.9 Å². The first-order chi connectivity index (χ1) is 10.0. The number of aliphatic imine (C=N–C) groups is 1. The fourth-order valence-electron chi connectivity index (χ4n) is 2.48. The fraction of sp³-hybridized carbons (Fsp3) is 0.571. The minimum atomic E-state index is -0.931. The van der Waals surface area contributed by atoms with Gasteiger partial charge in [0.2, 0.25) is 0 Å². The van der Waals surface area contributed by atoms with Gasteiger partial charge >= 0.3 is 34.5 Å². The van der Waals surface area contributed by atoms with Crippen molar-refractivity contribution in [2.45, 2.75) is 25.3 Å². The number of aryl methyl sites for hydroxylation is 1. The Morgan fingerprint density at radius 1 is 1.29 bits per heavy atom. The fourth-order valence-corrected chi connectivity index (χ4v) is 2.48. The number of halogens is 2. The summed E-state index contributed by atoms with van der Waals surface area (Å²) < 4.78 is 0. The number of nitrogens with zero attached hydrogens (tertiary/aromatic N) is 4. The standard InChI is InChI=1S/C14H22N4.2ClH.Zn/c1-17(2)14(18(3)4)16-12-9-5-7-11-8-6-10-15-13(11)12;;;/h6,8,10,12H,5,7,9H2,1-4H3;2*1H;/q;;;+2/p-2. The molecule has 1 aliphatic carbocycles. The monoisotopic (exact) mass is 380 g/mol.